The third-order valence-corrected chi connectivity index (χ3v) is 5.35. The third-order valence-electron chi connectivity index (χ3n) is 5.35. The number of rotatable bonds is 4. The van der Waals surface area contributed by atoms with Crippen molar-refractivity contribution in [3.63, 3.8) is 0 Å². The van der Waals surface area contributed by atoms with Gasteiger partial charge in [-0.3, -0.25) is 0 Å². The van der Waals surface area contributed by atoms with Crippen LogP contribution in [0.4, 0.5) is 0 Å². The van der Waals surface area contributed by atoms with Crippen LogP contribution in [0.15, 0.2) is 72.8 Å². The lowest BCUT2D eigenvalue weighted by molar-refractivity contribution is -0.132. The molecule has 1 N–H and O–H groups in total. The Balaban J connectivity index is 1.87. The third kappa shape index (κ3) is 3.25. The highest BCUT2D eigenvalue weighted by Gasteiger charge is 2.10. The molecule has 0 aromatic heterocycles. The largest absolute Gasteiger partial charge is 0.477 e. The first-order chi connectivity index (χ1) is 14.5. The van der Waals surface area contributed by atoms with Crippen molar-refractivity contribution in [1.82, 2.24) is 0 Å². The van der Waals surface area contributed by atoms with Gasteiger partial charge in [0.25, 0.3) is 0 Å². The molecule has 0 unspecified atom stereocenters. The number of nitriles is 1. The predicted molar refractivity (Wildman–Crippen MR) is 124 cm³/mol. The predicted octanol–water partition coefficient (Wildman–Crippen LogP) is 5.81. The van der Waals surface area contributed by atoms with E-state index in [4.69, 9.17) is 10.4 Å². The van der Waals surface area contributed by atoms with E-state index in [0.29, 0.717) is 5.56 Å². The van der Waals surface area contributed by atoms with Gasteiger partial charge < -0.3 is 5.11 Å². The van der Waals surface area contributed by atoms with E-state index in [2.05, 4.69) is 49.1 Å². The summed E-state index contributed by atoms with van der Waals surface area (Å²) in [5.41, 5.74) is 3.62. The van der Waals surface area contributed by atoms with Gasteiger partial charge in [0.1, 0.15) is 11.6 Å². The van der Waals surface area contributed by atoms with Crippen molar-refractivity contribution in [2.45, 2.75) is 6.92 Å². The molecule has 3 heteroatoms. The molecule has 4 aromatic rings. The lowest BCUT2D eigenvalue weighted by Crippen LogP contribution is -2.03. The molecule has 0 heterocycles. The molecule has 0 aliphatic heterocycles. The number of hydrogen-bond donors (Lipinski definition) is 1. The molecule has 0 aliphatic rings. The summed E-state index contributed by atoms with van der Waals surface area (Å²) in [4.78, 5) is 11.0. The van der Waals surface area contributed by atoms with Gasteiger partial charge in [-0.1, -0.05) is 67.3 Å². The van der Waals surface area contributed by atoms with E-state index in [0.717, 1.165) is 27.5 Å². The van der Waals surface area contributed by atoms with Crippen molar-refractivity contribution in [3.8, 4) is 17.2 Å². The number of carboxylic acids is 1. The molecule has 0 fully saturated rings. The standard InChI is InChI=1S/C27H19NO2/c1-3-18-9-11-21-14-23(15-22-12-10-19(4-2)25(18)26(21)22)20-7-5-17(6-8-20)13-24(16-28)27(29)30/h3-15H,1H2,2H3,(H,29,30)/b19-4-,24-13+. The second-order valence-electron chi connectivity index (χ2n) is 7.07. The number of carboxylic acid groups (broad SMARTS) is 1. The van der Waals surface area contributed by atoms with Crippen molar-refractivity contribution < 1.29 is 9.90 Å². The van der Waals surface area contributed by atoms with E-state index in [-0.39, 0.29) is 5.57 Å². The highest BCUT2D eigenvalue weighted by molar-refractivity contribution is 6.14. The Hall–Kier alpha value is -4.16. The molecular weight excluding hydrogens is 370 g/mol. The molecule has 0 radical (unpaired) electrons. The van der Waals surface area contributed by atoms with Crippen LogP contribution in [0.2, 0.25) is 0 Å². The number of nitrogens with zero attached hydrogens (tertiary/aromatic N) is 1. The van der Waals surface area contributed by atoms with Crippen LogP contribution >= 0.6 is 0 Å². The van der Waals surface area contributed by atoms with Gasteiger partial charge in [-0.25, -0.2) is 4.79 Å². The van der Waals surface area contributed by atoms with Crippen LogP contribution in [0.3, 0.4) is 0 Å². The SMILES string of the molecule is C=Cc1ccc2cc(-c3ccc(/C=C(\C#N)C(=O)O)cc3)cc3cc/c(=C/C)c1c23. The molecule has 4 aromatic carbocycles. The summed E-state index contributed by atoms with van der Waals surface area (Å²) in [6.07, 6.45) is 5.39. The second-order valence-corrected chi connectivity index (χ2v) is 7.07. The molecule has 144 valence electrons. The normalized spacial score (nSPS) is 12.3. The highest BCUT2D eigenvalue weighted by Crippen LogP contribution is 2.33. The second kappa shape index (κ2) is 7.69. The molecule has 0 aliphatic carbocycles. The van der Waals surface area contributed by atoms with E-state index in [1.807, 2.05) is 37.3 Å². The Morgan fingerprint density at radius 3 is 2.20 bits per heavy atom. The van der Waals surface area contributed by atoms with Gasteiger partial charge in [0, 0.05) is 0 Å². The maximum atomic E-state index is 11.0. The lowest BCUT2D eigenvalue weighted by Gasteiger charge is -2.12. The summed E-state index contributed by atoms with van der Waals surface area (Å²) >= 11 is 0. The Labute approximate surface area is 174 Å². The van der Waals surface area contributed by atoms with Crippen LogP contribution in [0.1, 0.15) is 18.1 Å². The van der Waals surface area contributed by atoms with Crippen molar-refractivity contribution >= 4 is 45.7 Å². The zero-order chi connectivity index (χ0) is 21.3. The molecule has 0 saturated carbocycles. The first kappa shape index (κ1) is 19.2. The van der Waals surface area contributed by atoms with Crippen LogP contribution in [0.25, 0.3) is 50.9 Å². The fourth-order valence-electron chi connectivity index (χ4n) is 3.88. The summed E-state index contributed by atoms with van der Waals surface area (Å²) in [5.74, 6) is -1.22. The van der Waals surface area contributed by atoms with Gasteiger partial charge in [-0.2, -0.15) is 5.26 Å². The van der Waals surface area contributed by atoms with E-state index in [1.165, 1.54) is 22.1 Å². The summed E-state index contributed by atoms with van der Waals surface area (Å²) in [5, 5.41) is 23.9. The Morgan fingerprint density at radius 2 is 1.63 bits per heavy atom. The first-order valence-electron chi connectivity index (χ1n) is 9.59. The zero-order valence-corrected chi connectivity index (χ0v) is 16.5. The molecule has 4 rings (SSSR count). The molecule has 0 bridgehead atoms. The topological polar surface area (TPSA) is 61.1 Å². The fourth-order valence-corrected chi connectivity index (χ4v) is 3.88. The van der Waals surface area contributed by atoms with E-state index >= 15 is 0 Å². The fraction of sp³-hybridized carbons (Fsp3) is 0.0370. The number of aliphatic carboxylic acids is 1. The average molecular weight is 389 g/mol. The number of hydrogen-bond acceptors (Lipinski definition) is 2. The minimum absolute atomic E-state index is 0.284. The average Bonchev–Trinajstić information content (AvgIpc) is 2.78. The van der Waals surface area contributed by atoms with Crippen LogP contribution in [0, 0.1) is 11.3 Å². The minimum Gasteiger partial charge on any atom is -0.477 e. The van der Waals surface area contributed by atoms with Crippen molar-refractivity contribution in [2.24, 2.45) is 0 Å². The molecule has 0 saturated heterocycles. The molecule has 30 heavy (non-hydrogen) atoms. The minimum atomic E-state index is -1.22. The van der Waals surface area contributed by atoms with E-state index < -0.39 is 5.97 Å². The Morgan fingerprint density at radius 1 is 0.967 bits per heavy atom. The molecule has 0 spiro atoms. The molecule has 0 amide bonds. The smallest absolute Gasteiger partial charge is 0.346 e. The molecular formula is C27H19NO2. The Bertz CT molecular complexity index is 1420. The zero-order valence-electron chi connectivity index (χ0n) is 16.5. The van der Waals surface area contributed by atoms with E-state index in [9.17, 15) is 4.79 Å². The maximum Gasteiger partial charge on any atom is 0.346 e. The maximum absolute atomic E-state index is 11.0. The quantitative estimate of drug-likeness (QED) is 0.354. The lowest BCUT2D eigenvalue weighted by atomic mass is 9.91. The van der Waals surface area contributed by atoms with Gasteiger partial charge in [-0.15, -0.1) is 0 Å². The molecule has 3 nitrogen and oxygen atoms in total. The van der Waals surface area contributed by atoms with Crippen molar-refractivity contribution in [3.05, 3.63) is 89.2 Å². The van der Waals surface area contributed by atoms with Crippen molar-refractivity contribution in [1.29, 1.82) is 5.26 Å². The monoisotopic (exact) mass is 389 g/mol. The van der Waals surface area contributed by atoms with Crippen LogP contribution in [-0.2, 0) is 4.79 Å². The summed E-state index contributed by atoms with van der Waals surface area (Å²) in [6.45, 7) is 6.01. The van der Waals surface area contributed by atoms with Crippen LogP contribution < -0.4 is 5.22 Å². The summed E-state index contributed by atoms with van der Waals surface area (Å²) < 4.78 is 0. The van der Waals surface area contributed by atoms with Gasteiger partial charge in [0.05, 0.1) is 0 Å². The molecule has 0 atom stereocenters. The van der Waals surface area contributed by atoms with Crippen molar-refractivity contribution in [2.75, 3.05) is 0 Å². The first-order valence-corrected chi connectivity index (χ1v) is 9.59. The van der Waals surface area contributed by atoms with Crippen LogP contribution in [0.5, 0.6) is 0 Å². The van der Waals surface area contributed by atoms with Gasteiger partial charge >= 0.3 is 5.97 Å². The van der Waals surface area contributed by atoms with E-state index in [1.54, 1.807) is 6.07 Å². The summed E-state index contributed by atoms with van der Waals surface area (Å²) in [6, 6.07) is 22.1. The summed E-state index contributed by atoms with van der Waals surface area (Å²) in [7, 11) is 0. The number of benzene rings is 4. The number of carbonyl (C=O) groups is 1. The Kier molecular flexibility index (Phi) is 4.92. The van der Waals surface area contributed by atoms with Gasteiger partial charge in [0.15, 0.2) is 0 Å². The van der Waals surface area contributed by atoms with Crippen LogP contribution in [-0.4, -0.2) is 11.1 Å². The van der Waals surface area contributed by atoms with Gasteiger partial charge in [-0.05, 0) is 74.1 Å². The van der Waals surface area contributed by atoms with Gasteiger partial charge in [0.2, 0.25) is 0 Å². The highest BCUT2D eigenvalue weighted by atomic mass is 16.4.